The molecule has 0 saturated heterocycles. The van der Waals surface area contributed by atoms with E-state index in [2.05, 4.69) is 0 Å². The molecule has 0 aliphatic carbocycles. The molecule has 0 unspecified atom stereocenters. The summed E-state index contributed by atoms with van der Waals surface area (Å²) in [4.78, 5) is 24.6. The van der Waals surface area contributed by atoms with Crippen molar-refractivity contribution in [3.05, 3.63) is 47.2 Å². The molecule has 112 valence electrons. The van der Waals surface area contributed by atoms with Crippen molar-refractivity contribution in [2.24, 2.45) is 0 Å². The molecule has 0 fully saturated rings. The maximum Gasteiger partial charge on any atom is 1.00 e. The van der Waals surface area contributed by atoms with Crippen LogP contribution in [0.1, 0.15) is 12.5 Å². The average molecular weight is 313 g/mol. The molecule has 0 saturated carbocycles. The van der Waals surface area contributed by atoms with Crippen molar-refractivity contribution in [3.63, 3.8) is 0 Å². The molecule has 0 bridgehead atoms. The number of carbonyl (C=O) groups is 2. The molecular weight excluding hydrogens is 297 g/mol. The molecule has 0 radical (unpaired) electrons. The maximum absolute atomic E-state index is 11.9. The van der Waals surface area contributed by atoms with E-state index in [1.807, 2.05) is 30.3 Å². The number of benzene rings is 1. The Morgan fingerprint density at radius 3 is 2.50 bits per heavy atom. The van der Waals surface area contributed by atoms with E-state index in [0.717, 1.165) is 5.56 Å². The predicted molar refractivity (Wildman–Crippen MR) is 71.9 cm³/mol. The number of nitrogens with zero attached hydrogens (tertiary/aromatic N) is 1. The number of hydrogen-bond acceptors (Lipinski definition) is 5. The van der Waals surface area contributed by atoms with Gasteiger partial charge in [-0.25, -0.2) is 9.59 Å². The molecule has 2 rings (SSSR count). The van der Waals surface area contributed by atoms with Crippen LogP contribution in [-0.4, -0.2) is 36.7 Å². The number of rotatable bonds is 4. The topological polar surface area (TPSA) is 78.9 Å². The summed E-state index contributed by atoms with van der Waals surface area (Å²) in [5, 5.41) is 11.7. The first kappa shape index (κ1) is 18.5. The van der Waals surface area contributed by atoms with E-state index >= 15 is 0 Å². The van der Waals surface area contributed by atoms with Crippen molar-refractivity contribution in [1.82, 2.24) is 4.90 Å². The maximum atomic E-state index is 11.9. The fourth-order valence-corrected chi connectivity index (χ4v) is 1.94. The Morgan fingerprint density at radius 1 is 1.18 bits per heavy atom. The second-order valence-corrected chi connectivity index (χ2v) is 4.52. The Morgan fingerprint density at radius 2 is 1.86 bits per heavy atom. The largest absolute Gasteiger partial charge is 1.00 e. The summed E-state index contributed by atoms with van der Waals surface area (Å²) in [6.45, 7) is 1.75. The van der Waals surface area contributed by atoms with Gasteiger partial charge in [-0.3, -0.25) is 0 Å². The summed E-state index contributed by atoms with van der Waals surface area (Å²) in [5.74, 6) is -1.06. The minimum absolute atomic E-state index is 0. The van der Waals surface area contributed by atoms with Gasteiger partial charge in [-0.2, -0.15) is 0 Å². The summed E-state index contributed by atoms with van der Waals surface area (Å²) >= 11 is 0. The number of esters is 1. The summed E-state index contributed by atoms with van der Waals surface area (Å²) in [6.07, 6.45) is -0.619. The first-order valence-corrected chi connectivity index (χ1v) is 6.63. The third kappa shape index (κ3) is 4.76. The van der Waals surface area contributed by atoms with Crippen LogP contribution in [0.15, 0.2) is 41.7 Å². The normalized spacial score (nSPS) is 13.6. The first-order chi connectivity index (χ1) is 10.1. The molecule has 1 aromatic rings. The van der Waals surface area contributed by atoms with Crippen LogP contribution in [-0.2, 0) is 20.9 Å². The second-order valence-electron chi connectivity index (χ2n) is 4.52. The zero-order valence-electron chi connectivity index (χ0n) is 12.7. The van der Waals surface area contributed by atoms with E-state index < -0.39 is 17.8 Å². The summed E-state index contributed by atoms with van der Waals surface area (Å²) < 4.78 is 9.90. The molecule has 1 aliphatic heterocycles. The van der Waals surface area contributed by atoms with E-state index in [0.29, 0.717) is 0 Å². The minimum atomic E-state index is -0.666. The van der Waals surface area contributed by atoms with E-state index in [4.69, 9.17) is 9.47 Å². The van der Waals surface area contributed by atoms with E-state index in [-0.39, 0.29) is 61.4 Å². The van der Waals surface area contributed by atoms with Crippen molar-refractivity contribution < 1.29 is 53.7 Å². The fourth-order valence-electron chi connectivity index (χ4n) is 1.94. The van der Waals surface area contributed by atoms with Crippen LogP contribution in [0.4, 0.5) is 4.79 Å². The van der Waals surface area contributed by atoms with E-state index in [9.17, 15) is 14.7 Å². The quantitative estimate of drug-likeness (QED) is 0.466. The van der Waals surface area contributed by atoms with E-state index in [1.165, 1.54) is 4.90 Å². The third-order valence-electron chi connectivity index (χ3n) is 3.01. The molecule has 7 heteroatoms. The second kappa shape index (κ2) is 8.82. The van der Waals surface area contributed by atoms with Gasteiger partial charge in [0.2, 0.25) is 0 Å². The van der Waals surface area contributed by atoms with Gasteiger partial charge in [0.25, 0.3) is 0 Å². The minimum Gasteiger partial charge on any atom is -0.874 e. The fraction of sp³-hybridized carbons (Fsp3) is 0.333. The van der Waals surface area contributed by atoms with Crippen molar-refractivity contribution in [2.45, 2.75) is 13.5 Å². The molecule has 0 aromatic heterocycles. The molecule has 22 heavy (non-hydrogen) atoms. The summed E-state index contributed by atoms with van der Waals surface area (Å²) in [6, 6.07) is 9.21. The van der Waals surface area contributed by atoms with Gasteiger partial charge in [0.05, 0.1) is 13.2 Å². The Balaban J connectivity index is 0.00000242. The number of hydrogen-bond donors (Lipinski definition) is 0. The molecule has 0 spiro atoms. The zero-order valence-corrected chi connectivity index (χ0v) is 14.7. The predicted octanol–water partition coefficient (Wildman–Crippen LogP) is -2.18. The summed E-state index contributed by atoms with van der Waals surface area (Å²) in [7, 11) is 0. The Bertz CT molecular complexity index is 558. The number of amides is 1. The first-order valence-electron chi connectivity index (χ1n) is 6.63. The monoisotopic (exact) mass is 313 g/mol. The molecular formula is C15H16NNaO5. The van der Waals surface area contributed by atoms with Gasteiger partial charge < -0.3 is 19.5 Å². The Kier molecular flexibility index (Phi) is 7.44. The van der Waals surface area contributed by atoms with Gasteiger partial charge in [-0.1, -0.05) is 30.3 Å². The number of carbonyl (C=O) groups excluding carboxylic acids is 2. The molecule has 6 nitrogen and oxygen atoms in total. The van der Waals surface area contributed by atoms with Crippen LogP contribution in [0, 0.1) is 0 Å². The standard InChI is InChI=1S/C15H17NO5.Na/c1-2-20-14(18)12-8-16(9-13(12)17)15(19)21-10-11-6-4-3-5-7-11;/h3-7,17H,2,8-10H2,1H3;/q;+1/p-1. The van der Waals surface area contributed by atoms with E-state index in [1.54, 1.807) is 6.92 Å². The molecule has 0 N–H and O–H groups in total. The van der Waals surface area contributed by atoms with Crippen LogP contribution in [0.2, 0.25) is 0 Å². The Hall–Kier alpha value is -1.50. The van der Waals surface area contributed by atoms with Crippen LogP contribution in [0.3, 0.4) is 0 Å². The van der Waals surface area contributed by atoms with Gasteiger partial charge >= 0.3 is 41.6 Å². The van der Waals surface area contributed by atoms with Crippen molar-refractivity contribution in [2.75, 3.05) is 19.7 Å². The van der Waals surface area contributed by atoms with Crippen LogP contribution in [0.5, 0.6) is 0 Å². The van der Waals surface area contributed by atoms with Gasteiger partial charge in [-0.15, -0.1) is 5.76 Å². The Labute approximate surface area is 151 Å². The van der Waals surface area contributed by atoms with Crippen LogP contribution < -0.4 is 34.7 Å². The average Bonchev–Trinajstić information content (AvgIpc) is 2.88. The van der Waals surface area contributed by atoms with Crippen LogP contribution >= 0.6 is 0 Å². The van der Waals surface area contributed by atoms with Gasteiger partial charge in [-0.05, 0) is 12.5 Å². The molecule has 1 aliphatic rings. The third-order valence-corrected chi connectivity index (χ3v) is 3.01. The SMILES string of the molecule is CCOC(=O)C1=C([O-])CN(C(=O)OCc2ccccc2)C1.[Na+]. The van der Waals surface area contributed by atoms with Crippen molar-refractivity contribution in [3.8, 4) is 0 Å². The van der Waals surface area contributed by atoms with Gasteiger partial charge in [0.1, 0.15) is 6.61 Å². The molecule has 1 aromatic carbocycles. The summed E-state index contributed by atoms with van der Waals surface area (Å²) in [5.41, 5.74) is 0.847. The van der Waals surface area contributed by atoms with Crippen molar-refractivity contribution in [1.29, 1.82) is 0 Å². The van der Waals surface area contributed by atoms with Gasteiger partial charge in [0.15, 0.2) is 0 Å². The van der Waals surface area contributed by atoms with Gasteiger partial charge in [0, 0.05) is 12.1 Å². The number of ether oxygens (including phenoxy) is 2. The van der Waals surface area contributed by atoms with Crippen molar-refractivity contribution >= 4 is 12.1 Å². The smallest absolute Gasteiger partial charge is 0.874 e. The molecule has 1 heterocycles. The zero-order chi connectivity index (χ0) is 15.2. The molecule has 0 atom stereocenters. The molecule has 1 amide bonds. The van der Waals surface area contributed by atoms with Crippen LogP contribution in [0.25, 0.3) is 0 Å².